The summed E-state index contributed by atoms with van der Waals surface area (Å²) in [7, 11) is 0. The van der Waals surface area contributed by atoms with Gasteiger partial charge in [0.15, 0.2) is 0 Å². The van der Waals surface area contributed by atoms with Gasteiger partial charge in [0, 0.05) is 30.8 Å². The fourth-order valence-electron chi connectivity index (χ4n) is 2.55. The first-order valence-corrected chi connectivity index (χ1v) is 8.98. The molecule has 1 fully saturated rings. The molecule has 140 valence electrons. The SMILES string of the molecule is Cl.NCc1nc(C(=O)NCc2cccc(NC(=O)C3CCCO3)c2)cs1. The van der Waals surface area contributed by atoms with Gasteiger partial charge in [-0.25, -0.2) is 4.98 Å². The summed E-state index contributed by atoms with van der Waals surface area (Å²) in [6, 6.07) is 7.36. The lowest BCUT2D eigenvalue weighted by Gasteiger charge is -2.11. The Labute approximate surface area is 161 Å². The maximum atomic E-state index is 12.1. The second-order valence-corrected chi connectivity index (χ2v) is 6.65. The summed E-state index contributed by atoms with van der Waals surface area (Å²) in [5.74, 6) is -0.375. The van der Waals surface area contributed by atoms with Crippen LogP contribution in [0.5, 0.6) is 0 Å². The van der Waals surface area contributed by atoms with Crippen LogP contribution in [0.25, 0.3) is 0 Å². The van der Waals surface area contributed by atoms with E-state index in [-0.39, 0.29) is 30.3 Å². The van der Waals surface area contributed by atoms with Gasteiger partial charge in [0.05, 0.1) is 0 Å². The van der Waals surface area contributed by atoms with Crippen molar-refractivity contribution in [1.29, 1.82) is 0 Å². The molecule has 2 aromatic rings. The molecular formula is C17H21ClN4O3S. The first-order valence-electron chi connectivity index (χ1n) is 8.10. The molecule has 1 aromatic carbocycles. The van der Waals surface area contributed by atoms with Crippen molar-refractivity contribution >= 4 is 41.2 Å². The van der Waals surface area contributed by atoms with Crippen LogP contribution in [-0.4, -0.2) is 29.5 Å². The average Bonchev–Trinajstić information content (AvgIpc) is 3.31. The van der Waals surface area contributed by atoms with Crippen molar-refractivity contribution in [3.8, 4) is 0 Å². The predicted molar refractivity (Wildman–Crippen MR) is 102 cm³/mol. The summed E-state index contributed by atoms with van der Waals surface area (Å²) in [6.45, 7) is 1.30. The molecule has 9 heteroatoms. The van der Waals surface area contributed by atoms with Crippen molar-refractivity contribution in [3.05, 3.63) is 45.9 Å². The monoisotopic (exact) mass is 396 g/mol. The molecular weight excluding hydrogens is 376 g/mol. The number of carbonyl (C=O) groups is 2. The van der Waals surface area contributed by atoms with Crippen LogP contribution in [0, 0.1) is 0 Å². The maximum Gasteiger partial charge on any atom is 0.271 e. The van der Waals surface area contributed by atoms with Crippen LogP contribution in [0.3, 0.4) is 0 Å². The molecule has 4 N–H and O–H groups in total. The van der Waals surface area contributed by atoms with Gasteiger partial charge in [-0.05, 0) is 30.5 Å². The first-order chi connectivity index (χ1) is 12.2. The largest absolute Gasteiger partial charge is 0.368 e. The molecule has 1 aromatic heterocycles. The quantitative estimate of drug-likeness (QED) is 0.693. The lowest BCUT2D eigenvalue weighted by molar-refractivity contribution is -0.124. The van der Waals surface area contributed by atoms with Gasteiger partial charge < -0.3 is 21.1 Å². The van der Waals surface area contributed by atoms with Crippen LogP contribution in [0.15, 0.2) is 29.6 Å². The van der Waals surface area contributed by atoms with Crippen LogP contribution in [0.4, 0.5) is 5.69 Å². The molecule has 1 saturated heterocycles. The number of anilines is 1. The number of halogens is 1. The van der Waals surface area contributed by atoms with E-state index in [9.17, 15) is 9.59 Å². The molecule has 1 aliphatic rings. The van der Waals surface area contributed by atoms with Gasteiger partial charge in [-0.3, -0.25) is 9.59 Å². The van der Waals surface area contributed by atoms with E-state index >= 15 is 0 Å². The minimum Gasteiger partial charge on any atom is -0.368 e. The number of hydrogen-bond donors (Lipinski definition) is 3. The fraction of sp³-hybridized carbons (Fsp3) is 0.353. The van der Waals surface area contributed by atoms with Crippen LogP contribution in [-0.2, 0) is 22.6 Å². The molecule has 0 spiro atoms. The van der Waals surface area contributed by atoms with E-state index in [2.05, 4.69) is 15.6 Å². The third-order valence-electron chi connectivity index (χ3n) is 3.83. The number of amides is 2. The highest BCUT2D eigenvalue weighted by Crippen LogP contribution is 2.16. The number of nitrogens with one attached hydrogen (secondary N) is 2. The third kappa shape index (κ3) is 5.25. The number of carbonyl (C=O) groups excluding carboxylic acids is 2. The normalized spacial score (nSPS) is 16.0. The second-order valence-electron chi connectivity index (χ2n) is 5.70. The molecule has 7 nitrogen and oxygen atoms in total. The number of benzene rings is 1. The van der Waals surface area contributed by atoms with E-state index in [1.807, 2.05) is 24.3 Å². The summed E-state index contributed by atoms with van der Waals surface area (Å²) in [6.07, 6.45) is 1.29. The summed E-state index contributed by atoms with van der Waals surface area (Å²) in [5, 5.41) is 8.08. The van der Waals surface area contributed by atoms with Crippen molar-refractivity contribution in [2.24, 2.45) is 5.73 Å². The topological polar surface area (TPSA) is 106 Å². The van der Waals surface area contributed by atoms with E-state index in [1.54, 1.807) is 5.38 Å². The zero-order valence-electron chi connectivity index (χ0n) is 14.1. The summed E-state index contributed by atoms with van der Waals surface area (Å²) in [5.41, 5.74) is 7.44. The minimum absolute atomic E-state index is 0. The molecule has 1 atom stereocenters. The van der Waals surface area contributed by atoms with Gasteiger partial charge in [0.1, 0.15) is 16.8 Å². The molecule has 0 aliphatic carbocycles. The molecule has 0 saturated carbocycles. The number of nitrogens with two attached hydrogens (primary N) is 1. The van der Waals surface area contributed by atoms with Crippen molar-refractivity contribution in [1.82, 2.24) is 10.3 Å². The lowest BCUT2D eigenvalue weighted by Crippen LogP contribution is -2.27. The number of thiazole rings is 1. The fourth-order valence-corrected chi connectivity index (χ4v) is 3.20. The summed E-state index contributed by atoms with van der Waals surface area (Å²) < 4.78 is 5.37. The Morgan fingerprint density at radius 3 is 2.92 bits per heavy atom. The lowest BCUT2D eigenvalue weighted by atomic mass is 10.2. The highest BCUT2D eigenvalue weighted by atomic mass is 35.5. The van der Waals surface area contributed by atoms with Crippen LogP contribution >= 0.6 is 23.7 Å². The van der Waals surface area contributed by atoms with E-state index in [1.165, 1.54) is 11.3 Å². The number of aromatic nitrogens is 1. The number of rotatable bonds is 6. The Balaban J connectivity index is 0.00000243. The predicted octanol–water partition coefficient (Wildman–Crippen LogP) is 2.07. The van der Waals surface area contributed by atoms with E-state index in [0.29, 0.717) is 31.1 Å². The van der Waals surface area contributed by atoms with E-state index in [0.717, 1.165) is 23.4 Å². The van der Waals surface area contributed by atoms with Crippen LogP contribution < -0.4 is 16.4 Å². The summed E-state index contributed by atoms with van der Waals surface area (Å²) in [4.78, 5) is 28.3. The Hall–Kier alpha value is -2.00. The molecule has 2 amide bonds. The molecule has 26 heavy (non-hydrogen) atoms. The number of hydrogen-bond acceptors (Lipinski definition) is 6. The maximum absolute atomic E-state index is 12.1. The van der Waals surface area contributed by atoms with Crippen LogP contribution in [0.1, 0.15) is 33.9 Å². The highest BCUT2D eigenvalue weighted by Gasteiger charge is 2.23. The molecule has 1 aliphatic heterocycles. The van der Waals surface area contributed by atoms with Crippen molar-refractivity contribution in [2.75, 3.05) is 11.9 Å². The zero-order chi connectivity index (χ0) is 17.6. The zero-order valence-corrected chi connectivity index (χ0v) is 15.7. The molecule has 0 bridgehead atoms. The van der Waals surface area contributed by atoms with E-state index in [4.69, 9.17) is 10.5 Å². The van der Waals surface area contributed by atoms with Crippen molar-refractivity contribution in [2.45, 2.75) is 32.0 Å². The molecule has 3 rings (SSSR count). The van der Waals surface area contributed by atoms with Crippen LogP contribution in [0.2, 0.25) is 0 Å². The van der Waals surface area contributed by atoms with Gasteiger partial charge in [-0.15, -0.1) is 23.7 Å². The number of nitrogens with zero attached hydrogens (tertiary/aromatic N) is 1. The molecule has 2 heterocycles. The Bertz CT molecular complexity index is 762. The Kier molecular flexibility index (Phi) is 7.52. The van der Waals surface area contributed by atoms with Gasteiger partial charge in [-0.2, -0.15) is 0 Å². The second kappa shape index (κ2) is 9.63. The molecule has 0 radical (unpaired) electrons. The van der Waals surface area contributed by atoms with Gasteiger partial charge in [0.2, 0.25) is 0 Å². The molecule has 1 unspecified atom stereocenters. The third-order valence-corrected chi connectivity index (χ3v) is 4.70. The van der Waals surface area contributed by atoms with Gasteiger partial charge in [-0.1, -0.05) is 12.1 Å². The standard InChI is InChI=1S/C17H20N4O3S.ClH/c18-8-15-21-13(10-25-15)16(22)19-9-11-3-1-4-12(7-11)20-17(23)14-5-2-6-24-14;/h1,3-4,7,10,14H,2,5-6,8-9,18H2,(H,19,22)(H,20,23);1H. The van der Waals surface area contributed by atoms with Gasteiger partial charge in [0.25, 0.3) is 11.8 Å². The van der Waals surface area contributed by atoms with E-state index < -0.39 is 0 Å². The van der Waals surface area contributed by atoms with Crippen molar-refractivity contribution < 1.29 is 14.3 Å². The average molecular weight is 397 g/mol. The highest BCUT2D eigenvalue weighted by molar-refractivity contribution is 7.09. The Morgan fingerprint density at radius 2 is 2.23 bits per heavy atom. The van der Waals surface area contributed by atoms with Gasteiger partial charge >= 0.3 is 0 Å². The van der Waals surface area contributed by atoms with Crippen molar-refractivity contribution in [3.63, 3.8) is 0 Å². The Morgan fingerprint density at radius 1 is 1.38 bits per heavy atom. The smallest absolute Gasteiger partial charge is 0.271 e. The number of ether oxygens (including phenoxy) is 1. The summed E-state index contributed by atoms with van der Waals surface area (Å²) >= 11 is 1.36. The minimum atomic E-state index is -0.371. The first kappa shape index (κ1) is 20.3.